The quantitative estimate of drug-likeness (QED) is 0.0588. The predicted octanol–water partition coefficient (Wildman–Crippen LogP) is 5.98. The molecule has 0 aromatic carbocycles. The van der Waals surface area contributed by atoms with E-state index < -0.39 is 308 Å². The standard InChI is InChI=1S/C84H168O35Si7/c1-78(2,3)120(22,23)99-36-43-64-50(85)57(92)71(106-43)114-65-44(37-100-121(24,25)79(4,5)6)108-73(59(94)52(65)87)116-67-46(39-102-123(28,29)81(10,11)12)110-75(61(96)54(67)89)118-69-48(41-104-125(32,33)83(16,17)18)112-77(63(98)56(69)91)119-70-49(42-105-126(34,35)84(19,20)21)111-76(62(97)55(70)90)117-68-47(40-103-124(30,31)82(13,14)15)109-74(60(95)53(68)88)115-66-45(38-101-122(26,27)80(7,8)9)107-72(113-64)58(93)51(66)86/h43-77,85-98H,36-42H2,1-35H3/t43-,44-,45-,46-,47+,48+,49+,50+,51-,52+,53-,54-,55-,56-,57-,58+,59+,60-,61-,62-,63-,64-,65-,66-,67-,68-,69-,70-,71-,72-,73-,74-,75-,76-,77-/m1/s1. The van der Waals surface area contributed by atoms with Crippen LogP contribution >= 0.6 is 0 Å². The minimum Gasteiger partial charge on any atom is -0.414 e. The predicted molar refractivity (Wildman–Crippen MR) is 481 cm³/mol. The molecule has 0 aromatic rings. The molecule has 21 saturated heterocycles. The van der Waals surface area contributed by atoms with Gasteiger partial charge in [0.2, 0.25) is 0 Å². The van der Waals surface area contributed by atoms with Crippen LogP contribution in [0.15, 0.2) is 0 Å². The lowest BCUT2D eigenvalue weighted by atomic mass is 9.95. The van der Waals surface area contributed by atoms with Gasteiger partial charge in [0.05, 0.1) is 46.2 Å². The van der Waals surface area contributed by atoms with E-state index in [1.54, 1.807) is 0 Å². The third-order valence-electron chi connectivity index (χ3n) is 30.4. The van der Waals surface area contributed by atoms with E-state index in [9.17, 15) is 71.5 Å². The highest BCUT2D eigenvalue weighted by Crippen LogP contribution is 2.48. The van der Waals surface area contributed by atoms with Crippen molar-refractivity contribution in [1.82, 2.24) is 0 Å². The molecule has 742 valence electrons. The topological polar surface area (TPSA) is 477 Å². The molecule has 42 heteroatoms. The van der Waals surface area contributed by atoms with Gasteiger partial charge in [0, 0.05) is 0 Å². The second-order valence-corrected chi connectivity index (χ2v) is 80.5. The van der Waals surface area contributed by atoms with Crippen molar-refractivity contribution >= 4 is 58.2 Å². The van der Waals surface area contributed by atoms with Gasteiger partial charge >= 0.3 is 0 Å². The maximum absolute atomic E-state index is 12.8. The molecule has 0 unspecified atom stereocenters. The zero-order chi connectivity index (χ0) is 96.0. The van der Waals surface area contributed by atoms with E-state index in [-0.39, 0.29) is 46.2 Å². The molecule has 0 aromatic heterocycles. The monoisotopic (exact) mass is 1930 g/mol. The summed E-state index contributed by atoms with van der Waals surface area (Å²) in [5.74, 6) is 0. The van der Waals surface area contributed by atoms with Gasteiger partial charge in [0.25, 0.3) is 0 Å². The third kappa shape index (κ3) is 25.2. The number of hydrogen-bond acceptors (Lipinski definition) is 35. The summed E-state index contributed by atoms with van der Waals surface area (Å²) < 4.78 is 141. The minimum atomic E-state index is -2.81. The maximum Gasteiger partial charge on any atom is 0.192 e. The van der Waals surface area contributed by atoms with Gasteiger partial charge in [-0.1, -0.05) is 145 Å². The smallest absolute Gasteiger partial charge is 0.192 e. The highest BCUT2D eigenvalue weighted by molar-refractivity contribution is 6.76. The molecule has 0 spiro atoms. The first-order chi connectivity index (χ1) is 56.9. The molecule has 14 N–H and O–H groups in total. The maximum atomic E-state index is 12.8. The normalized spacial score (nSPS) is 40.5. The van der Waals surface area contributed by atoms with Gasteiger partial charge in [-0.05, 0) is 127 Å². The SMILES string of the molecule is CC(C)(C)[Si](C)(C)OC[C@@H]1O[C@@H]2O[C@H]3[C@H](O)[C@@H](O)[C@@H](O[C@H]4[C@H](O)[C@H](O)[C@@H](O[C@H]5[C@@H](O)[C@@H](O)[C@@H](O[C@H]6[C@@H](O)[C@H](O)[C@@H](O[C@H]7[C@H](O)[C@@H](O)[C@@H](O[C@H]8[C@H](O)[C@@H](O)[C@@H](O[C@H]1[C@H](O)[C@H]2O)O[C@H]8CO[Si](C)(C)C(C)(C)C)O[C@@H]7CO[Si](C)(C)C(C)(C)C)O[C@@H]6CO[Si](C)(C)C(C)(C)C)O[C@@H]5CO[Si](C)(C)C(C)(C)C)O[C@@H]4CO[Si](C)(C)C(C)(C)C)O[C@H]3CO[Si](C)(C)C(C)(C)C. The van der Waals surface area contributed by atoms with Gasteiger partial charge < -0.3 is 169 Å². The summed E-state index contributed by atoms with van der Waals surface area (Å²) in [6.07, 6.45) is -65.0. The van der Waals surface area contributed by atoms with Crippen LogP contribution in [-0.2, 0) is 97.3 Å². The van der Waals surface area contributed by atoms with E-state index in [4.69, 9.17) is 97.3 Å². The molecule has 0 aliphatic carbocycles. The summed E-state index contributed by atoms with van der Waals surface area (Å²) in [6.45, 7) is 67.0. The van der Waals surface area contributed by atoms with Crippen molar-refractivity contribution < 1.29 is 169 Å². The Kier molecular flexibility index (Phi) is 36.2. The second-order valence-electron chi connectivity index (χ2n) is 46.9. The molecule has 21 fully saturated rings. The van der Waals surface area contributed by atoms with Crippen LogP contribution in [0.5, 0.6) is 0 Å². The molecule has 21 heterocycles. The number of ether oxygens (including phenoxy) is 14. The summed E-state index contributed by atoms with van der Waals surface area (Å²) in [6, 6.07) is 0. The zero-order valence-electron chi connectivity index (χ0n) is 82.0. The molecule has 21 rings (SSSR count). The van der Waals surface area contributed by atoms with E-state index in [0.717, 1.165) is 0 Å². The van der Waals surface area contributed by atoms with Gasteiger partial charge in [-0.15, -0.1) is 0 Å². The van der Waals surface area contributed by atoms with Crippen molar-refractivity contribution in [2.45, 2.75) is 487 Å². The number of aliphatic hydroxyl groups is 14. The number of hydrogen-bond donors (Lipinski definition) is 14. The molecule has 0 amide bonds. The second kappa shape index (κ2) is 40.9. The molecular formula is C84H168O35Si7. The Labute approximate surface area is 756 Å². The van der Waals surface area contributed by atoms with E-state index in [1.807, 2.05) is 237 Å². The van der Waals surface area contributed by atoms with Crippen molar-refractivity contribution in [3.05, 3.63) is 0 Å². The van der Waals surface area contributed by atoms with Crippen molar-refractivity contribution in [3.8, 4) is 0 Å². The molecule has 14 bridgehead atoms. The highest BCUT2D eigenvalue weighted by Gasteiger charge is 2.63. The van der Waals surface area contributed by atoms with Crippen molar-refractivity contribution in [2.24, 2.45) is 0 Å². The molecule has 21 aliphatic rings. The molecular weight excluding hydrogens is 1770 g/mol. The summed E-state index contributed by atoms with van der Waals surface area (Å²) >= 11 is 0. The minimum absolute atomic E-state index is 0.370. The fraction of sp³-hybridized carbons (Fsp3) is 1.00. The summed E-state index contributed by atoms with van der Waals surface area (Å²) in [7, 11) is -19.7. The first kappa shape index (κ1) is 111. The lowest BCUT2D eigenvalue weighted by molar-refractivity contribution is -0.396. The van der Waals surface area contributed by atoms with E-state index >= 15 is 0 Å². The Morgan fingerprint density at radius 1 is 0.159 bits per heavy atom. The van der Waals surface area contributed by atoms with Gasteiger partial charge in [-0.2, -0.15) is 0 Å². The van der Waals surface area contributed by atoms with Gasteiger partial charge in [-0.25, -0.2) is 0 Å². The zero-order valence-corrected chi connectivity index (χ0v) is 89.0. The third-order valence-corrected chi connectivity index (χ3v) is 61.9. The molecule has 126 heavy (non-hydrogen) atoms. The Hall–Kier alpha value is 0.118. The highest BCUT2D eigenvalue weighted by atomic mass is 28.4. The Balaban J connectivity index is 1.31. The Morgan fingerprint density at radius 2 is 0.246 bits per heavy atom. The Morgan fingerprint density at radius 3 is 0.325 bits per heavy atom. The van der Waals surface area contributed by atoms with Crippen LogP contribution in [0.3, 0.4) is 0 Å². The summed E-state index contributed by atoms with van der Waals surface area (Å²) in [5, 5.41) is 175. The largest absolute Gasteiger partial charge is 0.414 e. The fourth-order valence-electron chi connectivity index (χ4n) is 13.9. The van der Waals surface area contributed by atoms with Crippen LogP contribution in [0.4, 0.5) is 0 Å². The van der Waals surface area contributed by atoms with Crippen molar-refractivity contribution in [2.75, 3.05) is 46.2 Å². The average Bonchev–Trinajstić information content (AvgIpc) is 0.778. The van der Waals surface area contributed by atoms with Crippen LogP contribution in [0.25, 0.3) is 0 Å². The lowest BCUT2D eigenvalue weighted by Crippen LogP contribution is -2.69. The van der Waals surface area contributed by atoms with Gasteiger partial charge in [-0.3, -0.25) is 0 Å². The summed E-state index contributed by atoms with van der Waals surface area (Å²) in [4.78, 5) is 0. The van der Waals surface area contributed by atoms with Crippen LogP contribution in [0.1, 0.15) is 145 Å². The Bertz CT molecular complexity index is 2810. The fourth-order valence-corrected chi connectivity index (χ4v) is 21.0. The first-order valence-corrected chi connectivity index (χ1v) is 65.5. The van der Waals surface area contributed by atoms with Crippen LogP contribution < -0.4 is 0 Å². The molecule has 0 saturated carbocycles. The molecule has 35 atom stereocenters. The number of aliphatic hydroxyl groups excluding tert-OH is 14. The first-order valence-electron chi connectivity index (χ1n) is 45.1. The summed E-state index contributed by atoms with van der Waals surface area (Å²) in [5.41, 5.74) is 0. The van der Waals surface area contributed by atoms with Gasteiger partial charge in [0.1, 0.15) is 171 Å². The van der Waals surface area contributed by atoms with Crippen molar-refractivity contribution in [3.63, 3.8) is 0 Å². The van der Waals surface area contributed by atoms with E-state index in [1.165, 1.54) is 0 Å². The molecule has 21 aliphatic heterocycles. The molecule has 35 nitrogen and oxygen atoms in total. The van der Waals surface area contributed by atoms with Gasteiger partial charge in [0.15, 0.2) is 102 Å². The molecule has 0 radical (unpaired) electrons. The van der Waals surface area contributed by atoms with E-state index in [2.05, 4.69) is 0 Å². The average molecular weight is 1930 g/mol. The van der Waals surface area contributed by atoms with Crippen LogP contribution in [-0.4, -0.2) is 391 Å². The lowest BCUT2D eigenvalue weighted by Gasteiger charge is -2.51. The van der Waals surface area contributed by atoms with Crippen LogP contribution in [0, 0.1) is 0 Å². The van der Waals surface area contributed by atoms with E-state index in [0.29, 0.717) is 0 Å². The number of rotatable bonds is 21. The van der Waals surface area contributed by atoms with Crippen molar-refractivity contribution in [1.29, 1.82) is 0 Å². The van der Waals surface area contributed by atoms with Crippen LogP contribution in [0.2, 0.25) is 127 Å².